The minimum Gasteiger partial charge on any atom is -0.497 e. The molecule has 1 N–H and O–H groups in total. The maximum absolute atomic E-state index is 13.9. The van der Waals surface area contributed by atoms with Crippen molar-refractivity contribution in [1.29, 1.82) is 0 Å². The van der Waals surface area contributed by atoms with Gasteiger partial charge in [-0.25, -0.2) is 13.2 Å². The molecule has 2 atom stereocenters. The highest BCUT2D eigenvalue weighted by Gasteiger charge is 2.51. The lowest BCUT2D eigenvalue weighted by atomic mass is 9.70. The summed E-state index contributed by atoms with van der Waals surface area (Å²) in [6, 6.07) is 11.8. The van der Waals surface area contributed by atoms with Crippen LogP contribution in [-0.2, 0) is 21.0 Å². The van der Waals surface area contributed by atoms with Gasteiger partial charge in [0.1, 0.15) is 5.75 Å². The summed E-state index contributed by atoms with van der Waals surface area (Å²) in [4.78, 5) is 12.4. The summed E-state index contributed by atoms with van der Waals surface area (Å²) in [5.41, 5.74) is 1.70. The minimum atomic E-state index is -3.69. The van der Waals surface area contributed by atoms with E-state index >= 15 is 0 Å². The fraction of sp³-hybridized carbons (Fsp3) is 0.409. The molecule has 29 heavy (non-hydrogen) atoms. The summed E-state index contributed by atoms with van der Waals surface area (Å²) in [7, 11) is -0.810. The van der Waals surface area contributed by atoms with Crippen molar-refractivity contribution in [2.24, 2.45) is 5.41 Å². The van der Waals surface area contributed by atoms with E-state index in [-0.39, 0.29) is 10.3 Å². The van der Waals surface area contributed by atoms with Crippen molar-refractivity contribution in [1.82, 2.24) is 5.32 Å². The lowest BCUT2D eigenvalue weighted by Crippen LogP contribution is -2.40. The third-order valence-electron chi connectivity index (χ3n) is 6.27. The molecule has 0 aromatic heterocycles. The molecule has 6 nitrogen and oxygen atoms in total. The summed E-state index contributed by atoms with van der Waals surface area (Å²) in [5, 5.41) is 2.64. The highest BCUT2D eigenvalue weighted by molar-refractivity contribution is 7.91. The number of fused-ring (bicyclic) bond motifs is 1. The van der Waals surface area contributed by atoms with E-state index in [4.69, 9.17) is 9.47 Å². The molecule has 2 aromatic carbocycles. The van der Waals surface area contributed by atoms with E-state index in [9.17, 15) is 13.2 Å². The van der Waals surface area contributed by atoms with Crippen LogP contribution in [0.5, 0.6) is 5.75 Å². The van der Waals surface area contributed by atoms with Gasteiger partial charge < -0.3 is 14.8 Å². The van der Waals surface area contributed by atoms with Crippen LogP contribution in [0.15, 0.2) is 47.4 Å². The Balaban J connectivity index is 1.88. The number of rotatable bonds is 4. The Hall–Kier alpha value is -2.38. The largest absolute Gasteiger partial charge is 0.497 e. The Morgan fingerprint density at radius 3 is 2.48 bits per heavy atom. The molecular weight excluding hydrogens is 390 g/mol. The van der Waals surface area contributed by atoms with E-state index in [0.717, 1.165) is 36.9 Å². The smallest absolute Gasteiger partial charge is 0.337 e. The summed E-state index contributed by atoms with van der Waals surface area (Å²) in [5.74, 6) is 0.149. The number of sulfone groups is 1. The summed E-state index contributed by atoms with van der Waals surface area (Å²) in [6.07, 6.45) is 2.38. The van der Waals surface area contributed by atoms with E-state index in [0.29, 0.717) is 17.9 Å². The Labute approximate surface area is 171 Å². The third-order valence-corrected chi connectivity index (χ3v) is 8.58. The molecular formula is C22H25NO5S. The van der Waals surface area contributed by atoms with Crippen molar-refractivity contribution in [3.63, 3.8) is 0 Å². The number of benzene rings is 2. The molecule has 154 valence electrons. The standard InChI is InChI=1S/C22H25NO5S/c1-27-17-5-7-18(8-6-17)29(25,26)20-19-13-16(21(24)28-2)4-3-15(19)9-10-22(20)11-12-23-14-22/h3-8,13,20,23H,9-12,14H2,1-2H3. The molecule has 1 fully saturated rings. The van der Waals surface area contributed by atoms with Crippen LogP contribution >= 0.6 is 0 Å². The highest BCUT2D eigenvalue weighted by atomic mass is 32.2. The SMILES string of the molecule is COC(=O)c1ccc2c(c1)C(S(=O)(=O)c1ccc(OC)cc1)C1(CCNC1)CC2. The van der Waals surface area contributed by atoms with Crippen molar-refractivity contribution in [2.45, 2.75) is 29.4 Å². The van der Waals surface area contributed by atoms with Gasteiger partial charge in [-0.15, -0.1) is 0 Å². The second-order valence-electron chi connectivity index (χ2n) is 7.79. The van der Waals surface area contributed by atoms with Gasteiger partial charge >= 0.3 is 5.97 Å². The molecule has 0 saturated carbocycles. The summed E-state index contributed by atoms with van der Waals surface area (Å²) >= 11 is 0. The lowest BCUT2D eigenvalue weighted by molar-refractivity contribution is 0.0600. The first-order chi connectivity index (χ1) is 13.9. The third kappa shape index (κ3) is 3.32. The van der Waals surface area contributed by atoms with Crippen molar-refractivity contribution in [3.8, 4) is 5.75 Å². The molecule has 1 spiro atoms. The second-order valence-corrected chi connectivity index (χ2v) is 9.83. The Bertz CT molecular complexity index is 1020. The molecule has 2 unspecified atom stereocenters. The number of nitrogens with one attached hydrogen (secondary N) is 1. The minimum absolute atomic E-state index is 0.269. The van der Waals surface area contributed by atoms with Gasteiger partial charge in [0, 0.05) is 12.0 Å². The molecule has 4 rings (SSSR count). The Morgan fingerprint density at radius 2 is 1.86 bits per heavy atom. The number of ether oxygens (including phenoxy) is 2. The van der Waals surface area contributed by atoms with Crippen LogP contribution < -0.4 is 10.1 Å². The first-order valence-electron chi connectivity index (χ1n) is 9.71. The van der Waals surface area contributed by atoms with Gasteiger partial charge in [0.2, 0.25) is 0 Å². The van der Waals surface area contributed by atoms with Crippen molar-refractivity contribution >= 4 is 15.8 Å². The van der Waals surface area contributed by atoms with Gasteiger partial charge in [-0.3, -0.25) is 0 Å². The predicted molar refractivity (Wildman–Crippen MR) is 109 cm³/mol. The van der Waals surface area contributed by atoms with Crippen LogP contribution in [-0.4, -0.2) is 41.7 Å². The van der Waals surface area contributed by atoms with Crippen LogP contribution in [0.4, 0.5) is 0 Å². The van der Waals surface area contributed by atoms with E-state index in [1.165, 1.54) is 7.11 Å². The van der Waals surface area contributed by atoms with E-state index < -0.39 is 21.1 Å². The maximum Gasteiger partial charge on any atom is 0.337 e. The summed E-state index contributed by atoms with van der Waals surface area (Å²) in [6.45, 7) is 1.44. The lowest BCUT2D eigenvalue weighted by Gasteiger charge is -2.41. The molecule has 0 bridgehead atoms. The van der Waals surface area contributed by atoms with Crippen molar-refractivity contribution in [3.05, 3.63) is 59.2 Å². The molecule has 1 aliphatic heterocycles. The second kappa shape index (κ2) is 7.46. The molecule has 0 amide bonds. The molecule has 1 heterocycles. The zero-order valence-corrected chi connectivity index (χ0v) is 17.4. The number of methoxy groups -OCH3 is 2. The monoisotopic (exact) mass is 415 g/mol. The fourth-order valence-corrected chi connectivity index (χ4v) is 7.07. The van der Waals surface area contributed by atoms with Gasteiger partial charge in [0.15, 0.2) is 9.84 Å². The highest BCUT2D eigenvalue weighted by Crippen LogP contribution is 2.53. The molecule has 1 aliphatic carbocycles. The quantitative estimate of drug-likeness (QED) is 0.774. The predicted octanol–water partition coefficient (Wildman–Crippen LogP) is 2.92. The molecule has 2 aromatic rings. The van der Waals surface area contributed by atoms with Gasteiger partial charge in [-0.1, -0.05) is 6.07 Å². The molecule has 2 aliphatic rings. The van der Waals surface area contributed by atoms with E-state index in [1.54, 1.807) is 43.5 Å². The number of hydrogen-bond acceptors (Lipinski definition) is 6. The molecule has 0 radical (unpaired) electrons. The van der Waals surface area contributed by atoms with E-state index in [2.05, 4.69) is 5.32 Å². The van der Waals surface area contributed by atoms with Gasteiger partial charge in [-0.2, -0.15) is 0 Å². The van der Waals surface area contributed by atoms with Crippen molar-refractivity contribution in [2.75, 3.05) is 27.3 Å². The number of esters is 1. The van der Waals surface area contributed by atoms with Crippen LogP contribution in [0, 0.1) is 5.41 Å². The Kier molecular flexibility index (Phi) is 5.12. The zero-order chi connectivity index (χ0) is 20.6. The zero-order valence-electron chi connectivity index (χ0n) is 16.6. The van der Waals surface area contributed by atoms with E-state index in [1.807, 2.05) is 6.07 Å². The molecule has 1 saturated heterocycles. The normalized spacial score (nSPS) is 23.6. The van der Waals surface area contributed by atoms with Gasteiger partial charge in [0.25, 0.3) is 0 Å². The first kappa shape index (κ1) is 19.9. The Morgan fingerprint density at radius 1 is 1.10 bits per heavy atom. The maximum atomic E-state index is 13.9. The van der Waals surface area contributed by atoms with Crippen LogP contribution in [0.3, 0.4) is 0 Å². The molecule has 7 heteroatoms. The number of carbonyl (C=O) groups excluding carboxylic acids is 1. The number of carbonyl (C=O) groups is 1. The summed E-state index contributed by atoms with van der Waals surface area (Å²) < 4.78 is 37.8. The first-order valence-corrected chi connectivity index (χ1v) is 11.3. The average Bonchev–Trinajstić information content (AvgIpc) is 3.20. The van der Waals surface area contributed by atoms with Gasteiger partial charge in [0.05, 0.1) is 29.9 Å². The topological polar surface area (TPSA) is 81.7 Å². The van der Waals surface area contributed by atoms with Crippen LogP contribution in [0.25, 0.3) is 0 Å². The van der Waals surface area contributed by atoms with Crippen LogP contribution in [0.1, 0.15) is 39.6 Å². The van der Waals surface area contributed by atoms with Crippen molar-refractivity contribution < 1.29 is 22.7 Å². The van der Waals surface area contributed by atoms with Crippen LogP contribution in [0.2, 0.25) is 0 Å². The number of hydrogen-bond donors (Lipinski definition) is 1. The fourth-order valence-electron chi connectivity index (χ4n) is 4.75. The number of aryl methyl sites for hydroxylation is 1. The average molecular weight is 416 g/mol. The van der Waals surface area contributed by atoms with Gasteiger partial charge in [-0.05, 0) is 73.3 Å².